The summed E-state index contributed by atoms with van der Waals surface area (Å²) in [5.41, 5.74) is 3.89. The number of carboxylic acids is 1. The first kappa shape index (κ1) is 14.6. The van der Waals surface area contributed by atoms with Gasteiger partial charge < -0.3 is 16.2 Å². The van der Waals surface area contributed by atoms with Gasteiger partial charge in [0.2, 0.25) is 5.91 Å². The van der Waals surface area contributed by atoms with Crippen molar-refractivity contribution in [3.05, 3.63) is 35.4 Å². The molecule has 0 bridgehead atoms. The molecule has 1 rings (SSSR count). The fourth-order valence-corrected chi connectivity index (χ4v) is 1.35. The Morgan fingerprint density at radius 1 is 1.26 bits per heavy atom. The van der Waals surface area contributed by atoms with E-state index in [1.165, 1.54) is 0 Å². The highest BCUT2D eigenvalue weighted by molar-refractivity contribution is 5.98. The van der Waals surface area contributed by atoms with Crippen molar-refractivity contribution in [3.63, 3.8) is 0 Å². The molecule has 0 fully saturated rings. The number of aliphatic carboxylic acids is 1. The molecule has 1 aromatic rings. The average Bonchev–Trinajstić information content (AvgIpc) is 2.27. The lowest BCUT2D eigenvalue weighted by Gasteiger charge is -2.13. The van der Waals surface area contributed by atoms with Crippen LogP contribution in [0.4, 0.5) is 8.78 Å². The molecular weight excluding hydrogens is 262 g/mol. The molecule has 0 aliphatic carbocycles. The molecule has 102 valence electrons. The van der Waals surface area contributed by atoms with E-state index in [9.17, 15) is 23.2 Å². The van der Waals surface area contributed by atoms with E-state index in [2.05, 4.69) is 0 Å². The van der Waals surface area contributed by atoms with Crippen LogP contribution in [0.25, 0.3) is 0 Å². The van der Waals surface area contributed by atoms with Crippen molar-refractivity contribution in [2.45, 2.75) is 12.5 Å². The zero-order valence-electron chi connectivity index (χ0n) is 9.52. The molecule has 0 aliphatic rings. The lowest BCUT2D eigenvalue weighted by atomic mass is 10.1. The number of amides is 2. The van der Waals surface area contributed by atoms with E-state index in [1.807, 2.05) is 5.32 Å². The standard InChI is InChI=1S/C11H10F2N2O4/c12-5-2-1-3-6(13)9(5)10(17)15-7(11(18)19)4-8(14)16/h1-3,7H,4H2,(H2,14,16)(H,15,17)(H,18,19)/t7-/m0/s1. The monoisotopic (exact) mass is 272 g/mol. The molecule has 0 heterocycles. The largest absolute Gasteiger partial charge is 0.480 e. The number of hydrogen-bond donors (Lipinski definition) is 3. The Hall–Kier alpha value is -2.51. The fourth-order valence-electron chi connectivity index (χ4n) is 1.35. The summed E-state index contributed by atoms with van der Waals surface area (Å²) in [6.07, 6.45) is -0.683. The number of nitrogens with one attached hydrogen (secondary N) is 1. The zero-order chi connectivity index (χ0) is 14.6. The molecule has 2 amide bonds. The topological polar surface area (TPSA) is 109 Å². The van der Waals surface area contributed by atoms with Crippen LogP contribution in [0.3, 0.4) is 0 Å². The maximum atomic E-state index is 13.3. The molecule has 4 N–H and O–H groups in total. The average molecular weight is 272 g/mol. The van der Waals surface area contributed by atoms with E-state index < -0.39 is 47.4 Å². The van der Waals surface area contributed by atoms with E-state index in [1.54, 1.807) is 0 Å². The number of carboxylic acid groups (broad SMARTS) is 1. The van der Waals surface area contributed by atoms with Gasteiger partial charge in [-0.1, -0.05) is 6.07 Å². The minimum absolute atomic E-state index is 0.683. The third kappa shape index (κ3) is 3.73. The first-order chi connectivity index (χ1) is 8.82. The number of carbonyl (C=O) groups is 3. The van der Waals surface area contributed by atoms with Crippen LogP contribution in [-0.4, -0.2) is 28.9 Å². The Bertz CT molecular complexity index is 513. The maximum Gasteiger partial charge on any atom is 0.326 e. The molecule has 0 aromatic heterocycles. The van der Waals surface area contributed by atoms with Gasteiger partial charge in [0, 0.05) is 0 Å². The van der Waals surface area contributed by atoms with Gasteiger partial charge in [0.15, 0.2) is 0 Å². The minimum atomic E-state index is -1.65. The van der Waals surface area contributed by atoms with E-state index in [-0.39, 0.29) is 0 Å². The molecule has 0 saturated heterocycles. The van der Waals surface area contributed by atoms with Crippen molar-refractivity contribution in [1.29, 1.82) is 0 Å². The summed E-state index contributed by atoms with van der Waals surface area (Å²) in [7, 11) is 0. The van der Waals surface area contributed by atoms with Crippen molar-refractivity contribution in [1.82, 2.24) is 5.32 Å². The minimum Gasteiger partial charge on any atom is -0.480 e. The highest BCUT2D eigenvalue weighted by Gasteiger charge is 2.25. The first-order valence-corrected chi connectivity index (χ1v) is 5.09. The molecule has 1 aromatic carbocycles. The van der Waals surface area contributed by atoms with Gasteiger partial charge in [-0.2, -0.15) is 0 Å². The molecule has 0 saturated carbocycles. The van der Waals surface area contributed by atoms with Gasteiger partial charge in [-0.15, -0.1) is 0 Å². The number of nitrogens with two attached hydrogens (primary N) is 1. The zero-order valence-corrected chi connectivity index (χ0v) is 9.52. The van der Waals surface area contributed by atoms with Gasteiger partial charge in [0.05, 0.1) is 6.42 Å². The van der Waals surface area contributed by atoms with Crippen LogP contribution in [0, 0.1) is 11.6 Å². The van der Waals surface area contributed by atoms with Crippen molar-refractivity contribution < 1.29 is 28.3 Å². The van der Waals surface area contributed by atoms with Gasteiger partial charge in [0.25, 0.3) is 5.91 Å². The molecular formula is C11H10F2N2O4. The Morgan fingerprint density at radius 2 is 1.79 bits per heavy atom. The predicted octanol–water partition coefficient (Wildman–Crippen LogP) is 0.0232. The number of benzene rings is 1. The lowest BCUT2D eigenvalue weighted by molar-refractivity contribution is -0.140. The maximum absolute atomic E-state index is 13.3. The van der Waals surface area contributed by atoms with Crippen LogP contribution in [0.15, 0.2) is 18.2 Å². The summed E-state index contributed by atoms with van der Waals surface area (Å²) in [6, 6.07) is 1.10. The molecule has 6 nitrogen and oxygen atoms in total. The van der Waals surface area contributed by atoms with E-state index in [0.29, 0.717) is 0 Å². The van der Waals surface area contributed by atoms with Crippen LogP contribution in [0.2, 0.25) is 0 Å². The quantitative estimate of drug-likeness (QED) is 0.702. The van der Waals surface area contributed by atoms with Crippen LogP contribution in [-0.2, 0) is 9.59 Å². The molecule has 1 atom stereocenters. The summed E-state index contributed by atoms with van der Waals surface area (Å²) in [5.74, 6) is -6.06. The fraction of sp³-hybridized carbons (Fsp3) is 0.182. The smallest absolute Gasteiger partial charge is 0.326 e. The van der Waals surface area contributed by atoms with Crippen LogP contribution in [0.5, 0.6) is 0 Å². The lowest BCUT2D eigenvalue weighted by Crippen LogP contribution is -2.43. The van der Waals surface area contributed by atoms with Crippen LogP contribution in [0.1, 0.15) is 16.8 Å². The Morgan fingerprint density at radius 3 is 2.21 bits per heavy atom. The van der Waals surface area contributed by atoms with Crippen molar-refractivity contribution in [2.24, 2.45) is 5.73 Å². The highest BCUT2D eigenvalue weighted by atomic mass is 19.1. The summed E-state index contributed by atoms with van der Waals surface area (Å²) in [5, 5.41) is 10.6. The van der Waals surface area contributed by atoms with Crippen molar-refractivity contribution in [3.8, 4) is 0 Å². The third-order valence-electron chi connectivity index (χ3n) is 2.20. The summed E-state index contributed by atoms with van der Waals surface area (Å²) in [4.78, 5) is 33.0. The Labute approximate surface area is 106 Å². The molecule has 0 unspecified atom stereocenters. The van der Waals surface area contributed by atoms with Gasteiger partial charge in [-0.25, -0.2) is 13.6 Å². The Kier molecular flexibility index (Phi) is 4.51. The summed E-state index contributed by atoms with van der Waals surface area (Å²) in [6.45, 7) is 0. The van der Waals surface area contributed by atoms with E-state index >= 15 is 0 Å². The number of primary amides is 1. The molecule has 19 heavy (non-hydrogen) atoms. The Balaban J connectivity index is 2.94. The van der Waals surface area contributed by atoms with E-state index in [0.717, 1.165) is 18.2 Å². The van der Waals surface area contributed by atoms with Crippen molar-refractivity contribution >= 4 is 17.8 Å². The van der Waals surface area contributed by atoms with Gasteiger partial charge in [-0.05, 0) is 12.1 Å². The second-order valence-electron chi connectivity index (χ2n) is 3.63. The summed E-state index contributed by atoms with van der Waals surface area (Å²) < 4.78 is 26.6. The number of carbonyl (C=O) groups excluding carboxylic acids is 2. The molecule has 8 heteroatoms. The predicted molar refractivity (Wildman–Crippen MR) is 59.1 cm³/mol. The normalized spacial score (nSPS) is 11.7. The van der Waals surface area contributed by atoms with Crippen molar-refractivity contribution in [2.75, 3.05) is 0 Å². The first-order valence-electron chi connectivity index (χ1n) is 5.09. The van der Waals surface area contributed by atoms with Gasteiger partial charge in [0.1, 0.15) is 23.2 Å². The molecule has 0 radical (unpaired) electrons. The number of hydrogen-bond acceptors (Lipinski definition) is 3. The third-order valence-corrected chi connectivity index (χ3v) is 2.20. The van der Waals surface area contributed by atoms with E-state index in [4.69, 9.17) is 10.8 Å². The summed E-state index contributed by atoms with van der Waals surface area (Å²) >= 11 is 0. The second-order valence-corrected chi connectivity index (χ2v) is 3.63. The SMILES string of the molecule is NC(=O)C[C@H](NC(=O)c1c(F)cccc1F)C(=O)O. The van der Waals surface area contributed by atoms with Gasteiger partial charge in [-0.3, -0.25) is 9.59 Å². The highest BCUT2D eigenvalue weighted by Crippen LogP contribution is 2.12. The van der Waals surface area contributed by atoms with Crippen LogP contribution < -0.4 is 11.1 Å². The number of rotatable bonds is 5. The van der Waals surface area contributed by atoms with Crippen LogP contribution >= 0.6 is 0 Å². The molecule has 0 spiro atoms. The van der Waals surface area contributed by atoms with Gasteiger partial charge >= 0.3 is 5.97 Å². The number of halogens is 2. The second kappa shape index (κ2) is 5.89. The molecule has 0 aliphatic heterocycles.